The topological polar surface area (TPSA) is 38.8 Å². The van der Waals surface area contributed by atoms with Crippen LogP contribution in [0.15, 0.2) is 24.3 Å². The molecule has 2 atom stereocenters. The molecule has 2 unspecified atom stereocenters. The molecule has 1 aromatic rings. The number of rotatable bonds is 2. The lowest BCUT2D eigenvalue weighted by Gasteiger charge is -2.43. The Morgan fingerprint density at radius 1 is 1.00 bits per heavy atom. The molecule has 0 radical (unpaired) electrons. The first-order valence-electron chi connectivity index (χ1n) is 9.69. The molecular formula is C21H27NO3. The molecule has 4 nitrogen and oxygen atoms in total. The van der Waals surface area contributed by atoms with Crippen molar-refractivity contribution < 1.29 is 14.3 Å². The number of hydrogen-bond donors (Lipinski definition) is 0. The molecule has 0 N–H and O–H groups in total. The monoisotopic (exact) mass is 341 g/mol. The summed E-state index contributed by atoms with van der Waals surface area (Å²) in [6.45, 7) is 2.28. The second kappa shape index (κ2) is 7.51. The molecule has 2 fully saturated rings. The van der Waals surface area contributed by atoms with Gasteiger partial charge in [0.15, 0.2) is 11.5 Å². The van der Waals surface area contributed by atoms with Gasteiger partial charge < -0.3 is 14.4 Å². The molecule has 1 saturated heterocycles. The van der Waals surface area contributed by atoms with Crippen molar-refractivity contribution in [2.24, 2.45) is 5.92 Å². The molecule has 0 bridgehead atoms. The number of nitrogens with zero attached hydrogens (tertiary/aromatic N) is 1. The van der Waals surface area contributed by atoms with Crippen LogP contribution in [-0.2, 0) is 4.79 Å². The summed E-state index contributed by atoms with van der Waals surface area (Å²) < 4.78 is 11.4. The minimum Gasteiger partial charge on any atom is -0.490 e. The van der Waals surface area contributed by atoms with E-state index in [1.54, 1.807) is 6.08 Å². The van der Waals surface area contributed by atoms with E-state index in [9.17, 15) is 4.79 Å². The third kappa shape index (κ3) is 3.68. The van der Waals surface area contributed by atoms with Gasteiger partial charge in [0.2, 0.25) is 5.91 Å². The maximum Gasteiger partial charge on any atom is 0.246 e. The van der Waals surface area contributed by atoms with Crippen molar-refractivity contribution in [3.8, 4) is 11.5 Å². The number of ether oxygens (including phenoxy) is 2. The van der Waals surface area contributed by atoms with Crippen molar-refractivity contribution in [2.75, 3.05) is 19.8 Å². The fourth-order valence-corrected chi connectivity index (χ4v) is 4.45. The van der Waals surface area contributed by atoms with Crippen molar-refractivity contribution in [3.63, 3.8) is 0 Å². The lowest BCUT2D eigenvalue weighted by atomic mass is 9.78. The molecule has 2 aliphatic heterocycles. The minimum atomic E-state index is 0.156. The molecule has 4 heteroatoms. The second-order valence-corrected chi connectivity index (χ2v) is 7.38. The Morgan fingerprint density at radius 3 is 2.72 bits per heavy atom. The van der Waals surface area contributed by atoms with Gasteiger partial charge in [-0.25, -0.2) is 0 Å². The number of carbonyl (C=O) groups excluding carboxylic acids is 1. The van der Waals surface area contributed by atoms with Gasteiger partial charge in [0, 0.05) is 25.1 Å². The van der Waals surface area contributed by atoms with Gasteiger partial charge in [-0.2, -0.15) is 0 Å². The van der Waals surface area contributed by atoms with Crippen LogP contribution in [-0.4, -0.2) is 36.6 Å². The summed E-state index contributed by atoms with van der Waals surface area (Å²) >= 11 is 0. The summed E-state index contributed by atoms with van der Waals surface area (Å²) in [5.74, 6) is 2.45. The van der Waals surface area contributed by atoms with Crippen LogP contribution in [0.1, 0.15) is 50.5 Å². The fraction of sp³-hybridized carbons (Fsp3) is 0.571. The Bertz CT molecular complexity index is 653. The summed E-state index contributed by atoms with van der Waals surface area (Å²) in [5.41, 5.74) is 0.981. The number of hydrogen-bond acceptors (Lipinski definition) is 3. The SMILES string of the molecule is O=C(/C=C/c1ccc2c(c1)OCCCO2)N1CCCC2CCCCC21. The van der Waals surface area contributed by atoms with Crippen LogP contribution in [0.2, 0.25) is 0 Å². The lowest BCUT2D eigenvalue weighted by Crippen LogP contribution is -2.49. The van der Waals surface area contributed by atoms with Crippen molar-refractivity contribution >= 4 is 12.0 Å². The van der Waals surface area contributed by atoms with E-state index in [1.165, 1.54) is 32.1 Å². The van der Waals surface area contributed by atoms with Gasteiger partial charge in [-0.05, 0) is 55.4 Å². The fourth-order valence-electron chi connectivity index (χ4n) is 4.45. The Morgan fingerprint density at radius 2 is 1.80 bits per heavy atom. The van der Waals surface area contributed by atoms with E-state index in [4.69, 9.17) is 9.47 Å². The minimum absolute atomic E-state index is 0.156. The Labute approximate surface area is 149 Å². The van der Waals surface area contributed by atoms with E-state index in [0.717, 1.165) is 42.4 Å². The molecule has 134 valence electrons. The predicted octanol–water partition coefficient (Wildman–Crippen LogP) is 4.04. The van der Waals surface area contributed by atoms with Gasteiger partial charge in [0.25, 0.3) is 0 Å². The Kier molecular flexibility index (Phi) is 4.95. The number of carbonyl (C=O) groups is 1. The van der Waals surface area contributed by atoms with E-state index in [1.807, 2.05) is 24.3 Å². The highest BCUT2D eigenvalue weighted by atomic mass is 16.5. The van der Waals surface area contributed by atoms with Crippen LogP contribution in [0.4, 0.5) is 0 Å². The highest BCUT2D eigenvalue weighted by molar-refractivity contribution is 5.92. The average molecular weight is 341 g/mol. The van der Waals surface area contributed by atoms with Gasteiger partial charge in [-0.1, -0.05) is 18.9 Å². The van der Waals surface area contributed by atoms with Crippen molar-refractivity contribution in [3.05, 3.63) is 29.8 Å². The van der Waals surface area contributed by atoms with Crippen LogP contribution in [0, 0.1) is 5.92 Å². The van der Waals surface area contributed by atoms with Crippen molar-refractivity contribution in [1.82, 2.24) is 4.90 Å². The van der Waals surface area contributed by atoms with Crippen LogP contribution < -0.4 is 9.47 Å². The second-order valence-electron chi connectivity index (χ2n) is 7.38. The zero-order valence-electron chi connectivity index (χ0n) is 14.8. The molecule has 1 amide bonds. The van der Waals surface area contributed by atoms with Gasteiger partial charge in [0.05, 0.1) is 13.2 Å². The Hall–Kier alpha value is -1.97. The number of piperidine rings is 1. The first-order chi connectivity index (χ1) is 12.3. The number of likely N-dealkylation sites (tertiary alicyclic amines) is 1. The molecular weight excluding hydrogens is 314 g/mol. The smallest absolute Gasteiger partial charge is 0.246 e. The molecule has 1 aromatic carbocycles. The molecule has 1 aliphatic carbocycles. The normalized spacial score (nSPS) is 26.2. The van der Waals surface area contributed by atoms with Gasteiger partial charge in [-0.3, -0.25) is 4.79 Å². The molecule has 1 saturated carbocycles. The van der Waals surface area contributed by atoms with E-state index < -0.39 is 0 Å². The molecule has 4 rings (SSSR count). The first-order valence-corrected chi connectivity index (χ1v) is 9.69. The molecule has 2 heterocycles. The van der Waals surface area contributed by atoms with Crippen LogP contribution in [0.3, 0.4) is 0 Å². The lowest BCUT2D eigenvalue weighted by molar-refractivity contribution is -0.132. The third-order valence-electron chi connectivity index (χ3n) is 5.72. The molecule has 3 aliphatic rings. The summed E-state index contributed by atoms with van der Waals surface area (Å²) in [6.07, 6.45) is 12.0. The van der Waals surface area contributed by atoms with Gasteiger partial charge >= 0.3 is 0 Å². The zero-order valence-corrected chi connectivity index (χ0v) is 14.8. The predicted molar refractivity (Wildman–Crippen MR) is 97.8 cm³/mol. The maximum absolute atomic E-state index is 12.8. The number of amides is 1. The Balaban J connectivity index is 1.45. The summed E-state index contributed by atoms with van der Waals surface area (Å²) in [7, 11) is 0. The number of fused-ring (bicyclic) bond motifs is 2. The first kappa shape index (κ1) is 16.5. The van der Waals surface area contributed by atoms with Crippen LogP contribution in [0.5, 0.6) is 11.5 Å². The van der Waals surface area contributed by atoms with Crippen molar-refractivity contribution in [1.29, 1.82) is 0 Å². The largest absolute Gasteiger partial charge is 0.490 e. The quantitative estimate of drug-likeness (QED) is 0.762. The molecule has 25 heavy (non-hydrogen) atoms. The number of benzene rings is 1. The summed E-state index contributed by atoms with van der Waals surface area (Å²) in [5, 5.41) is 0. The van der Waals surface area contributed by atoms with E-state index in [2.05, 4.69) is 4.90 Å². The van der Waals surface area contributed by atoms with E-state index >= 15 is 0 Å². The summed E-state index contributed by atoms with van der Waals surface area (Å²) in [4.78, 5) is 14.9. The molecule has 0 spiro atoms. The third-order valence-corrected chi connectivity index (χ3v) is 5.72. The standard InChI is InChI=1S/C21H27NO3/c23-21(22-12-3-6-17-5-1-2-7-18(17)22)11-9-16-8-10-19-20(15-16)25-14-4-13-24-19/h8-11,15,17-18H,1-7,12-14H2/b11-9+. The van der Waals surface area contributed by atoms with Crippen molar-refractivity contribution in [2.45, 2.75) is 51.0 Å². The zero-order chi connectivity index (χ0) is 17.1. The highest BCUT2D eigenvalue weighted by Crippen LogP contribution is 2.35. The average Bonchev–Trinajstić information content (AvgIpc) is 2.90. The van der Waals surface area contributed by atoms with Crippen LogP contribution >= 0.6 is 0 Å². The van der Waals surface area contributed by atoms with E-state index in [-0.39, 0.29) is 5.91 Å². The molecule has 0 aromatic heterocycles. The van der Waals surface area contributed by atoms with E-state index in [0.29, 0.717) is 19.3 Å². The van der Waals surface area contributed by atoms with Gasteiger partial charge in [-0.15, -0.1) is 0 Å². The van der Waals surface area contributed by atoms with Gasteiger partial charge in [0.1, 0.15) is 0 Å². The summed E-state index contributed by atoms with van der Waals surface area (Å²) in [6, 6.07) is 6.34. The maximum atomic E-state index is 12.8. The highest BCUT2D eigenvalue weighted by Gasteiger charge is 2.34. The van der Waals surface area contributed by atoms with Crippen LogP contribution in [0.25, 0.3) is 6.08 Å².